The van der Waals surface area contributed by atoms with Gasteiger partial charge in [0.25, 0.3) is 0 Å². The maximum Gasteiger partial charge on any atom is 0.234 e. The zero-order valence-corrected chi connectivity index (χ0v) is 15.6. The molecule has 0 unspecified atom stereocenters. The van der Waals surface area contributed by atoms with E-state index in [1.165, 1.54) is 34.2 Å². The lowest BCUT2D eigenvalue weighted by atomic mass is 10.1. The lowest BCUT2D eigenvalue weighted by Crippen LogP contribution is -2.00. The Balaban J connectivity index is 1.35. The molecule has 0 amide bonds. The van der Waals surface area contributed by atoms with Gasteiger partial charge in [0, 0.05) is 6.42 Å². The molecule has 7 heteroatoms. The van der Waals surface area contributed by atoms with E-state index in [1.807, 2.05) is 12.1 Å². The van der Waals surface area contributed by atoms with Crippen molar-refractivity contribution in [1.29, 1.82) is 0 Å². The number of halogens is 1. The number of benzene rings is 3. The molecule has 5 aromatic rings. The van der Waals surface area contributed by atoms with Crippen LogP contribution in [0, 0.1) is 5.82 Å². The summed E-state index contributed by atoms with van der Waals surface area (Å²) >= 11 is 1.43. The highest BCUT2D eigenvalue weighted by Crippen LogP contribution is 2.21. The van der Waals surface area contributed by atoms with Gasteiger partial charge in [-0.1, -0.05) is 53.8 Å². The van der Waals surface area contributed by atoms with E-state index in [2.05, 4.69) is 45.6 Å². The van der Waals surface area contributed by atoms with Gasteiger partial charge in [-0.3, -0.25) is 0 Å². The lowest BCUT2D eigenvalue weighted by molar-refractivity contribution is 0.303. The summed E-state index contributed by atoms with van der Waals surface area (Å²) in [7, 11) is 0. The zero-order valence-electron chi connectivity index (χ0n) is 14.7. The highest BCUT2D eigenvalue weighted by atomic mass is 32.1. The fraction of sp³-hybridized carbons (Fsp3) is 0.0952. The average Bonchev–Trinajstić information content (AvgIpc) is 3.29. The van der Waals surface area contributed by atoms with Crippen molar-refractivity contribution in [3.63, 3.8) is 0 Å². The van der Waals surface area contributed by atoms with Gasteiger partial charge in [0.15, 0.2) is 10.8 Å². The Labute approximate surface area is 164 Å². The molecule has 0 aliphatic rings. The van der Waals surface area contributed by atoms with Crippen molar-refractivity contribution in [1.82, 2.24) is 19.8 Å². The molecule has 3 aromatic carbocycles. The molecule has 0 saturated carbocycles. The molecule has 28 heavy (non-hydrogen) atoms. The Hall–Kier alpha value is -3.32. The quantitative estimate of drug-likeness (QED) is 0.438. The predicted octanol–water partition coefficient (Wildman–Crippen LogP) is 4.65. The summed E-state index contributed by atoms with van der Waals surface area (Å²) in [6.07, 6.45) is 0.647. The van der Waals surface area contributed by atoms with Gasteiger partial charge >= 0.3 is 0 Å². The van der Waals surface area contributed by atoms with E-state index in [0.29, 0.717) is 18.8 Å². The van der Waals surface area contributed by atoms with E-state index >= 15 is 0 Å². The smallest absolute Gasteiger partial charge is 0.234 e. The summed E-state index contributed by atoms with van der Waals surface area (Å²) in [5.41, 5.74) is 1.16. The summed E-state index contributed by atoms with van der Waals surface area (Å²) in [4.78, 5) is 0.730. The van der Waals surface area contributed by atoms with E-state index in [0.717, 1.165) is 21.4 Å². The summed E-state index contributed by atoms with van der Waals surface area (Å²) in [5, 5.41) is 16.3. The van der Waals surface area contributed by atoms with Gasteiger partial charge < -0.3 is 4.74 Å². The second-order valence-corrected chi connectivity index (χ2v) is 7.45. The molecule has 0 spiro atoms. The van der Waals surface area contributed by atoms with Gasteiger partial charge in [0.05, 0.1) is 0 Å². The maximum atomic E-state index is 13.0. The van der Waals surface area contributed by atoms with Crippen LogP contribution in [0.15, 0.2) is 66.7 Å². The van der Waals surface area contributed by atoms with Crippen LogP contribution in [0.4, 0.5) is 4.39 Å². The second kappa shape index (κ2) is 7.01. The molecule has 5 nitrogen and oxygen atoms in total. The van der Waals surface area contributed by atoms with Crippen molar-refractivity contribution in [2.75, 3.05) is 0 Å². The first-order valence-corrected chi connectivity index (χ1v) is 9.62. The molecule has 5 rings (SSSR count). The van der Waals surface area contributed by atoms with Gasteiger partial charge in [0.2, 0.25) is 4.96 Å². The van der Waals surface area contributed by atoms with Crippen molar-refractivity contribution in [2.45, 2.75) is 13.0 Å². The minimum absolute atomic E-state index is 0.288. The summed E-state index contributed by atoms with van der Waals surface area (Å²) < 4.78 is 20.4. The Kier molecular flexibility index (Phi) is 4.21. The molecule has 0 N–H and O–H groups in total. The molecule has 138 valence electrons. The second-order valence-electron chi connectivity index (χ2n) is 6.41. The molecular weight excluding hydrogens is 375 g/mol. The van der Waals surface area contributed by atoms with Gasteiger partial charge in [-0.25, -0.2) is 4.39 Å². The van der Waals surface area contributed by atoms with Crippen molar-refractivity contribution >= 4 is 27.1 Å². The van der Waals surface area contributed by atoms with Gasteiger partial charge in [-0.2, -0.15) is 9.61 Å². The highest BCUT2D eigenvalue weighted by molar-refractivity contribution is 7.16. The van der Waals surface area contributed by atoms with Crippen LogP contribution in [-0.2, 0) is 13.0 Å². The number of rotatable bonds is 5. The van der Waals surface area contributed by atoms with Crippen molar-refractivity contribution < 1.29 is 9.13 Å². The molecule has 0 fully saturated rings. The third-order valence-corrected chi connectivity index (χ3v) is 5.32. The fourth-order valence-corrected chi connectivity index (χ4v) is 3.84. The van der Waals surface area contributed by atoms with Crippen LogP contribution < -0.4 is 4.74 Å². The number of hydrogen-bond donors (Lipinski definition) is 0. The number of ether oxygens (including phenoxy) is 1. The third-order valence-electron chi connectivity index (χ3n) is 4.45. The van der Waals surface area contributed by atoms with E-state index in [-0.39, 0.29) is 5.82 Å². The first kappa shape index (κ1) is 16.8. The Morgan fingerprint density at radius 1 is 0.929 bits per heavy atom. The minimum Gasteiger partial charge on any atom is -0.486 e. The molecule has 0 bridgehead atoms. The van der Waals surface area contributed by atoms with E-state index in [9.17, 15) is 4.39 Å². The highest BCUT2D eigenvalue weighted by Gasteiger charge is 2.13. The van der Waals surface area contributed by atoms with E-state index in [4.69, 9.17) is 4.74 Å². The monoisotopic (exact) mass is 390 g/mol. The number of hydrogen-bond acceptors (Lipinski definition) is 5. The minimum atomic E-state index is -0.288. The summed E-state index contributed by atoms with van der Waals surface area (Å²) in [6.45, 7) is 0.301. The lowest BCUT2D eigenvalue weighted by Gasteiger charge is -2.03. The summed E-state index contributed by atoms with van der Waals surface area (Å²) in [6, 6.07) is 20.6. The van der Waals surface area contributed by atoms with E-state index in [1.54, 1.807) is 16.6 Å². The molecule has 0 aliphatic heterocycles. The largest absolute Gasteiger partial charge is 0.486 e. The fourth-order valence-electron chi connectivity index (χ4n) is 3.07. The number of nitrogens with zero attached hydrogens (tertiary/aromatic N) is 4. The van der Waals surface area contributed by atoms with Crippen molar-refractivity contribution in [2.24, 2.45) is 0 Å². The summed E-state index contributed by atoms with van der Waals surface area (Å²) in [5.74, 6) is 1.10. The number of aromatic nitrogens is 4. The first-order valence-electron chi connectivity index (χ1n) is 8.81. The molecule has 2 aromatic heterocycles. The molecule has 0 atom stereocenters. The molecule has 2 heterocycles. The zero-order chi connectivity index (χ0) is 18.9. The third kappa shape index (κ3) is 3.32. The van der Waals surface area contributed by atoms with Crippen molar-refractivity contribution in [3.8, 4) is 5.75 Å². The topological polar surface area (TPSA) is 52.3 Å². The van der Waals surface area contributed by atoms with Crippen LogP contribution in [0.1, 0.15) is 16.4 Å². The van der Waals surface area contributed by atoms with Crippen molar-refractivity contribution in [3.05, 3.63) is 88.9 Å². The molecular formula is C21H15FN4OS. The van der Waals surface area contributed by atoms with E-state index < -0.39 is 0 Å². The molecule has 0 aliphatic carbocycles. The van der Waals surface area contributed by atoms with Gasteiger partial charge in [0.1, 0.15) is 18.2 Å². The SMILES string of the molecule is Fc1ccc(OCc2nn3c(Cc4ccc5ccccc5c4)nnc3s2)cc1. The molecule has 0 radical (unpaired) electrons. The average molecular weight is 390 g/mol. The first-order chi connectivity index (χ1) is 13.7. The Morgan fingerprint density at radius 2 is 1.75 bits per heavy atom. The van der Waals surface area contributed by atoms with Crippen LogP contribution in [0.5, 0.6) is 5.75 Å². The Morgan fingerprint density at radius 3 is 2.61 bits per heavy atom. The van der Waals surface area contributed by atoms with Crippen LogP contribution in [0.2, 0.25) is 0 Å². The standard InChI is InChI=1S/C21H15FN4OS/c22-17-7-9-18(10-8-17)27-13-20-25-26-19(23-24-21(26)28-20)12-14-5-6-15-3-1-2-4-16(15)11-14/h1-11H,12-13H2. The van der Waals surface area contributed by atoms with Gasteiger partial charge in [-0.15, -0.1) is 10.2 Å². The van der Waals surface area contributed by atoms with Crippen LogP contribution in [0.25, 0.3) is 15.7 Å². The number of fused-ring (bicyclic) bond motifs is 2. The predicted molar refractivity (Wildman–Crippen MR) is 106 cm³/mol. The van der Waals surface area contributed by atoms with Gasteiger partial charge in [-0.05, 0) is 40.6 Å². The normalized spacial score (nSPS) is 11.3. The van der Waals surface area contributed by atoms with Crippen LogP contribution in [-0.4, -0.2) is 19.8 Å². The van der Waals surface area contributed by atoms with Crippen LogP contribution >= 0.6 is 11.3 Å². The molecule has 0 saturated heterocycles. The maximum absolute atomic E-state index is 13.0. The Bertz CT molecular complexity index is 1260. The van der Waals surface area contributed by atoms with Crippen LogP contribution in [0.3, 0.4) is 0 Å².